The van der Waals surface area contributed by atoms with Crippen LogP contribution in [0.3, 0.4) is 0 Å². The summed E-state index contributed by atoms with van der Waals surface area (Å²) in [4.78, 5) is 13.1. The van der Waals surface area contributed by atoms with E-state index in [-0.39, 0.29) is 0 Å². The third kappa shape index (κ3) is 2.56. The molecule has 0 aromatic heterocycles. The zero-order valence-corrected chi connectivity index (χ0v) is 11.9. The summed E-state index contributed by atoms with van der Waals surface area (Å²) in [5.74, 6) is 0.554. The van der Waals surface area contributed by atoms with Crippen molar-refractivity contribution in [2.24, 2.45) is 0 Å². The van der Waals surface area contributed by atoms with Crippen molar-refractivity contribution in [2.45, 2.75) is 12.3 Å². The molecule has 0 saturated carbocycles. The first kappa shape index (κ1) is 13.2. The molecular weight excluding hydrogens is 270 g/mol. The van der Waals surface area contributed by atoms with Gasteiger partial charge in [-0.3, -0.25) is 4.79 Å². The van der Waals surface area contributed by atoms with Crippen molar-refractivity contribution >= 4 is 23.6 Å². The molecule has 0 N–H and O–H groups in total. The highest BCUT2D eigenvalue weighted by Gasteiger charge is 2.25. The summed E-state index contributed by atoms with van der Waals surface area (Å²) < 4.78 is 0. The molecule has 0 aliphatic carbocycles. The van der Waals surface area contributed by atoms with E-state index in [0.717, 1.165) is 31.5 Å². The Morgan fingerprint density at radius 3 is 2.65 bits per heavy atom. The first-order valence-corrected chi connectivity index (χ1v) is 7.20. The average molecular weight is 286 g/mol. The van der Waals surface area contributed by atoms with Crippen LogP contribution in [0.1, 0.15) is 28.3 Å². The number of benzene rings is 2. The van der Waals surface area contributed by atoms with E-state index in [9.17, 15) is 4.79 Å². The van der Waals surface area contributed by atoms with E-state index in [1.807, 2.05) is 18.2 Å². The van der Waals surface area contributed by atoms with E-state index in [4.69, 9.17) is 11.6 Å². The fourth-order valence-electron chi connectivity index (χ4n) is 2.83. The Labute approximate surface area is 124 Å². The van der Waals surface area contributed by atoms with Crippen molar-refractivity contribution < 1.29 is 4.79 Å². The summed E-state index contributed by atoms with van der Waals surface area (Å²) in [5, 5.41) is 0.656. The number of carbonyl (C=O) groups is 1. The summed E-state index contributed by atoms with van der Waals surface area (Å²) >= 11 is 6.28. The standard InChI is InChI=1S/C17H16ClNO/c18-16-10-13(12-20)6-7-17(16)19-9-8-15(11-19)14-4-2-1-3-5-14/h1-7,10,12,15H,8-9,11H2. The fourth-order valence-corrected chi connectivity index (χ4v) is 3.14. The molecule has 1 heterocycles. The lowest BCUT2D eigenvalue weighted by atomic mass is 9.99. The van der Waals surface area contributed by atoms with Crippen LogP contribution in [-0.4, -0.2) is 19.4 Å². The van der Waals surface area contributed by atoms with Gasteiger partial charge in [0, 0.05) is 24.6 Å². The first-order chi connectivity index (χ1) is 9.78. The molecule has 1 aliphatic heterocycles. The molecule has 0 spiro atoms. The molecular formula is C17H16ClNO. The summed E-state index contributed by atoms with van der Waals surface area (Å²) in [6, 6.07) is 16.1. The SMILES string of the molecule is O=Cc1ccc(N2CCC(c3ccccc3)C2)c(Cl)c1. The number of hydrogen-bond acceptors (Lipinski definition) is 2. The van der Waals surface area contributed by atoms with Gasteiger partial charge in [-0.1, -0.05) is 41.9 Å². The second kappa shape index (κ2) is 5.68. The monoisotopic (exact) mass is 285 g/mol. The highest BCUT2D eigenvalue weighted by atomic mass is 35.5. The topological polar surface area (TPSA) is 20.3 Å². The number of halogens is 1. The van der Waals surface area contributed by atoms with Gasteiger partial charge in [-0.05, 0) is 30.2 Å². The Kier molecular flexibility index (Phi) is 3.75. The summed E-state index contributed by atoms with van der Waals surface area (Å²) in [5.41, 5.74) is 3.03. The van der Waals surface area contributed by atoms with Gasteiger partial charge in [0.2, 0.25) is 0 Å². The Morgan fingerprint density at radius 2 is 1.95 bits per heavy atom. The van der Waals surface area contributed by atoms with Crippen LogP contribution in [0.15, 0.2) is 48.5 Å². The maximum atomic E-state index is 10.8. The van der Waals surface area contributed by atoms with E-state index in [0.29, 0.717) is 16.5 Å². The van der Waals surface area contributed by atoms with Gasteiger partial charge in [0.15, 0.2) is 0 Å². The molecule has 1 atom stereocenters. The smallest absolute Gasteiger partial charge is 0.150 e. The Bertz CT molecular complexity index is 612. The number of nitrogens with zero attached hydrogens (tertiary/aromatic N) is 1. The summed E-state index contributed by atoms with van der Waals surface area (Å²) in [6.07, 6.45) is 1.96. The van der Waals surface area contributed by atoms with Gasteiger partial charge < -0.3 is 4.90 Å². The van der Waals surface area contributed by atoms with Crippen LogP contribution in [0, 0.1) is 0 Å². The lowest BCUT2D eigenvalue weighted by Crippen LogP contribution is -2.19. The number of anilines is 1. The van der Waals surface area contributed by atoms with E-state index in [1.54, 1.807) is 6.07 Å². The molecule has 2 aromatic rings. The zero-order chi connectivity index (χ0) is 13.9. The Balaban J connectivity index is 1.79. The molecule has 0 amide bonds. The van der Waals surface area contributed by atoms with Gasteiger partial charge in [0.05, 0.1) is 10.7 Å². The molecule has 1 aliphatic rings. The van der Waals surface area contributed by atoms with Crippen molar-refractivity contribution in [1.29, 1.82) is 0 Å². The highest BCUT2D eigenvalue weighted by Crippen LogP contribution is 2.34. The van der Waals surface area contributed by atoms with Crippen molar-refractivity contribution in [1.82, 2.24) is 0 Å². The highest BCUT2D eigenvalue weighted by molar-refractivity contribution is 6.33. The van der Waals surface area contributed by atoms with Gasteiger partial charge in [-0.2, -0.15) is 0 Å². The number of hydrogen-bond donors (Lipinski definition) is 0. The van der Waals surface area contributed by atoms with Crippen LogP contribution in [-0.2, 0) is 0 Å². The lowest BCUT2D eigenvalue weighted by molar-refractivity contribution is 0.112. The number of carbonyl (C=O) groups excluding carboxylic acids is 1. The Morgan fingerprint density at radius 1 is 1.15 bits per heavy atom. The minimum Gasteiger partial charge on any atom is -0.370 e. The molecule has 2 aromatic carbocycles. The van der Waals surface area contributed by atoms with E-state index in [2.05, 4.69) is 29.2 Å². The van der Waals surface area contributed by atoms with Crippen LogP contribution < -0.4 is 4.90 Å². The number of aldehydes is 1. The van der Waals surface area contributed by atoms with Gasteiger partial charge in [-0.15, -0.1) is 0 Å². The maximum absolute atomic E-state index is 10.8. The second-order valence-electron chi connectivity index (χ2n) is 5.17. The molecule has 3 rings (SSSR count). The molecule has 0 radical (unpaired) electrons. The van der Waals surface area contributed by atoms with E-state index >= 15 is 0 Å². The minimum atomic E-state index is 0.554. The summed E-state index contributed by atoms with van der Waals surface area (Å²) in [6.45, 7) is 1.98. The van der Waals surface area contributed by atoms with Crippen LogP contribution in [0.2, 0.25) is 5.02 Å². The third-order valence-corrected chi connectivity index (χ3v) is 4.21. The third-order valence-electron chi connectivity index (χ3n) is 3.91. The minimum absolute atomic E-state index is 0.554. The molecule has 1 saturated heterocycles. The number of rotatable bonds is 3. The summed E-state index contributed by atoms with van der Waals surface area (Å²) in [7, 11) is 0. The van der Waals surface area contributed by atoms with Gasteiger partial charge >= 0.3 is 0 Å². The fraction of sp³-hybridized carbons (Fsp3) is 0.235. The second-order valence-corrected chi connectivity index (χ2v) is 5.58. The van der Waals surface area contributed by atoms with Gasteiger partial charge in [0.25, 0.3) is 0 Å². The molecule has 102 valence electrons. The molecule has 1 unspecified atom stereocenters. The van der Waals surface area contributed by atoms with E-state index in [1.165, 1.54) is 5.56 Å². The van der Waals surface area contributed by atoms with E-state index < -0.39 is 0 Å². The van der Waals surface area contributed by atoms with Crippen molar-refractivity contribution in [3.8, 4) is 0 Å². The Hall–Kier alpha value is -1.80. The van der Waals surface area contributed by atoms with Gasteiger partial charge in [-0.25, -0.2) is 0 Å². The average Bonchev–Trinajstić information content (AvgIpc) is 2.97. The predicted octanol–water partition coefficient (Wildman–Crippen LogP) is 4.15. The molecule has 1 fully saturated rings. The maximum Gasteiger partial charge on any atom is 0.150 e. The van der Waals surface area contributed by atoms with Crippen molar-refractivity contribution in [3.63, 3.8) is 0 Å². The van der Waals surface area contributed by atoms with Crippen LogP contribution in [0.5, 0.6) is 0 Å². The quantitative estimate of drug-likeness (QED) is 0.790. The normalized spacial score (nSPS) is 18.2. The van der Waals surface area contributed by atoms with Crippen LogP contribution in [0.25, 0.3) is 0 Å². The van der Waals surface area contributed by atoms with Crippen LogP contribution in [0.4, 0.5) is 5.69 Å². The largest absolute Gasteiger partial charge is 0.370 e. The molecule has 2 nitrogen and oxygen atoms in total. The molecule has 20 heavy (non-hydrogen) atoms. The first-order valence-electron chi connectivity index (χ1n) is 6.82. The van der Waals surface area contributed by atoms with Gasteiger partial charge in [0.1, 0.15) is 6.29 Å². The van der Waals surface area contributed by atoms with Crippen molar-refractivity contribution in [3.05, 3.63) is 64.7 Å². The zero-order valence-electron chi connectivity index (χ0n) is 11.1. The lowest BCUT2D eigenvalue weighted by Gasteiger charge is -2.20. The van der Waals surface area contributed by atoms with Crippen LogP contribution >= 0.6 is 11.6 Å². The molecule has 0 bridgehead atoms. The van der Waals surface area contributed by atoms with Crippen molar-refractivity contribution in [2.75, 3.05) is 18.0 Å². The predicted molar refractivity (Wildman–Crippen MR) is 82.9 cm³/mol. The molecule has 3 heteroatoms.